The van der Waals surface area contributed by atoms with E-state index in [0.29, 0.717) is 33.8 Å². The first-order valence-corrected chi connectivity index (χ1v) is 8.82. The minimum atomic E-state index is -1.06. The second kappa shape index (κ2) is 6.70. The molecule has 1 aliphatic heterocycles. The van der Waals surface area contributed by atoms with Gasteiger partial charge in [-0.3, -0.25) is 4.79 Å². The number of fused-ring (bicyclic) bond motifs is 1. The Kier molecular flexibility index (Phi) is 4.30. The number of rotatable bonds is 3. The molecule has 7 heteroatoms. The summed E-state index contributed by atoms with van der Waals surface area (Å²) in [5.41, 5.74) is 3.43. The topological polar surface area (TPSA) is 82.2 Å². The van der Waals surface area contributed by atoms with Gasteiger partial charge in [0.15, 0.2) is 0 Å². The molecular weight excluding hydrogens is 378 g/mol. The summed E-state index contributed by atoms with van der Waals surface area (Å²) in [5.74, 6) is -2.88. The SMILES string of the molecule is Cc1[nH]c(/C=C2\C(=O)Nc3cccc(-c4ccc(F)cc4F)c32)c(C)c1C(=O)O. The first-order chi connectivity index (χ1) is 13.8. The molecule has 0 saturated carbocycles. The summed E-state index contributed by atoms with van der Waals surface area (Å²) in [4.78, 5) is 27.1. The Bertz CT molecular complexity index is 1230. The van der Waals surface area contributed by atoms with Crippen LogP contribution in [-0.4, -0.2) is 22.0 Å². The standard InChI is InChI=1S/C22H16F2N2O3/c1-10-18(25-11(2)19(10)22(28)29)9-15-20-14(4-3-5-17(20)26-21(15)27)13-7-6-12(23)8-16(13)24/h3-9,25H,1-2H3,(H,26,27)(H,28,29)/b15-9-. The van der Waals surface area contributed by atoms with E-state index in [9.17, 15) is 23.5 Å². The van der Waals surface area contributed by atoms with Crippen molar-refractivity contribution in [2.24, 2.45) is 0 Å². The molecule has 1 aromatic heterocycles. The Labute approximate surface area is 164 Å². The summed E-state index contributed by atoms with van der Waals surface area (Å²) in [6.45, 7) is 3.29. The van der Waals surface area contributed by atoms with Crippen LogP contribution in [0.3, 0.4) is 0 Å². The van der Waals surface area contributed by atoms with Crippen molar-refractivity contribution in [1.29, 1.82) is 0 Å². The average molecular weight is 394 g/mol. The van der Waals surface area contributed by atoms with Gasteiger partial charge in [0.05, 0.1) is 11.1 Å². The van der Waals surface area contributed by atoms with E-state index in [0.717, 1.165) is 12.1 Å². The Morgan fingerprint density at radius 3 is 2.52 bits per heavy atom. The number of hydrogen-bond acceptors (Lipinski definition) is 2. The highest BCUT2D eigenvalue weighted by molar-refractivity contribution is 6.36. The lowest BCUT2D eigenvalue weighted by atomic mass is 9.93. The number of amides is 1. The van der Waals surface area contributed by atoms with E-state index in [2.05, 4.69) is 10.3 Å². The zero-order valence-electron chi connectivity index (χ0n) is 15.6. The van der Waals surface area contributed by atoms with Crippen molar-refractivity contribution >= 4 is 29.2 Å². The van der Waals surface area contributed by atoms with Crippen molar-refractivity contribution in [2.75, 3.05) is 5.32 Å². The molecule has 0 saturated heterocycles. The zero-order chi connectivity index (χ0) is 20.9. The summed E-state index contributed by atoms with van der Waals surface area (Å²) in [7, 11) is 0. The van der Waals surface area contributed by atoms with E-state index in [1.807, 2.05) is 0 Å². The number of H-pyrrole nitrogens is 1. The molecule has 146 valence electrons. The quantitative estimate of drug-likeness (QED) is 0.560. The van der Waals surface area contributed by atoms with Crippen LogP contribution in [-0.2, 0) is 4.79 Å². The van der Waals surface area contributed by atoms with Gasteiger partial charge in [-0.25, -0.2) is 13.6 Å². The van der Waals surface area contributed by atoms with E-state index in [1.165, 1.54) is 6.07 Å². The fourth-order valence-corrected chi connectivity index (χ4v) is 3.70. The lowest BCUT2D eigenvalue weighted by Crippen LogP contribution is -2.04. The predicted molar refractivity (Wildman–Crippen MR) is 106 cm³/mol. The van der Waals surface area contributed by atoms with Crippen molar-refractivity contribution in [2.45, 2.75) is 13.8 Å². The number of carbonyl (C=O) groups is 2. The van der Waals surface area contributed by atoms with Gasteiger partial charge in [-0.05, 0) is 49.2 Å². The molecule has 3 N–H and O–H groups in total. The maximum Gasteiger partial charge on any atom is 0.337 e. The summed E-state index contributed by atoms with van der Waals surface area (Å²) in [5, 5.41) is 12.1. The lowest BCUT2D eigenvalue weighted by Gasteiger charge is -2.10. The molecule has 4 rings (SSSR count). The monoisotopic (exact) mass is 394 g/mol. The number of carboxylic acid groups (broad SMARTS) is 1. The van der Waals surface area contributed by atoms with E-state index >= 15 is 0 Å². The van der Waals surface area contributed by atoms with Crippen LogP contribution in [0.1, 0.15) is 32.9 Å². The molecule has 0 bridgehead atoms. The van der Waals surface area contributed by atoms with Crippen LogP contribution in [0.5, 0.6) is 0 Å². The van der Waals surface area contributed by atoms with Crippen molar-refractivity contribution in [3.05, 3.63) is 76.1 Å². The van der Waals surface area contributed by atoms with Crippen molar-refractivity contribution in [3.8, 4) is 11.1 Å². The third kappa shape index (κ3) is 3.00. The molecule has 0 fully saturated rings. The molecule has 0 unspecified atom stereocenters. The Morgan fingerprint density at radius 2 is 1.86 bits per heavy atom. The second-order valence-corrected chi connectivity index (χ2v) is 6.83. The predicted octanol–water partition coefficient (Wildman–Crippen LogP) is 4.77. The highest BCUT2D eigenvalue weighted by atomic mass is 19.1. The minimum Gasteiger partial charge on any atom is -0.478 e. The molecule has 5 nitrogen and oxygen atoms in total. The fraction of sp³-hybridized carbons (Fsp3) is 0.0909. The molecule has 1 amide bonds. The number of aromatic amines is 1. The van der Waals surface area contributed by atoms with Gasteiger partial charge >= 0.3 is 5.97 Å². The number of aromatic nitrogens is 1. The maximum absolute atomic E-state index is 14.4. The molecule has 0 spiro atoms. The maximum atomic E-state index is 14.4. The van der Waals surface area contributed by atoms with Crippen LogP contribution in [0.25, 0.3) is 22.8 Å². The number of carboxylic acids is 1. The fourth-order valence-electron chi connectivity index (χ4n) is 3.70. The molecule has 0 aliphatic carbocycles. The van der Waals surface area contributed by atoms with Crippen molar-refractivity contribution in [1.82, 2.24) is 4.98 Å². The van der Waals surface area contributed by atoms with Crippen LogP contribution in [0.15, 0.2) is 36.4 Å². The highest BCUT2D eigenvalue weighted by Crippen LogP contribution is 2.41. The molecular formula is C22H16F2N2O3. The number of anilines is 1. The van der Waals surface area contributed by atoms with Gasteiger partial charge in [-0.1, -0.05) is 12.1 Å². The number of hydrogen-bond donors (Lipinski definition) is 3. The Hall–Kier alpha value is -3.74. The number of carbonyl (C=O) groups excluding carboxylic acids is 1. The van der Waals surface area contributed by atoms with Crippen molar-refractivity contribution in [3.63, 3.8) is 0 Å². The zero-order valence-corrected chi connectivity index (χ0v) is 15.6. The first-order valence-electron chi connectivity index (χ1n) is 8.82. The molecule has 3 aromatic rings. The molecule has 2 heterocycles. The van der Waals surface area contributed by atoms with Gasteiger partial charge < -0.3 is 15.4 Å². The summed E-state index contributed by atoms with van der Waals surface area (Å²) in [6, 6.07) is 8.29. The van der Waals surface area contributed by atoms with Gasteiger partial charge in [0.2, 0.25) is 0 Å². The first kappa shape index (κ1) is 18.6. The number of benzene rings is 2. The number of halogens is 2. The number of aryl methyl sites for hydroxylation is 1. The van der Waals surface area contributed by atoms with Gasteiger partial charge in [-0.15, -0.1) is 0 Å². The van der Waals surface area contributed by atoms with Crippen LogP contribution in [0, 0.1) is 25.5 Å². The molecule has 2 aromatic carbocycles. The molecule has 1 aliphatic rings. The van der Waals surface area contributed by atoms with Crippen molar-refractivity contribution < 1.29 is 23.5 Å². The van der Waals surface area contributed by atoms with Gasteiger partial charge in [0.25, 0.3) is 5.91 Å². The summed E-state index contributed by atoms with van der Waals surface area (Å²) in [6.07, 6.45) is 1.56. The van der Waals surface area contributed by atoms with E-state index in [4.69, 9.17) is 0 Å². The number of aromatic carboxylic acids is 1. The third-order valence-corrected chi connectivity index (χ3v) is 5.03. The van der Waals surface area contributed by atoms with Gasteiger partial charge in [0, 0.05) is 34.3 Å². The second-order valence-electron chi connectivity index (χ2n) is 6.83. The van der Waals surface area contributed by atoms with E-state index in [1.54, 1.807) is 38.1 Å². The smallest absolute Gasteiger partial charge is 0.337 e. The summed E-state index contributed by atoms with van der Waals surface area (Å²) >= 11 is 0. The lowest BCUT2D eigenvalue weighted by molar-refractivity contribution is -0.110. The molecule has 0 atom stereocenters. The van der Waals surface area contributed by atoms with Crippen LogP contribution in [0.2, 0.25) is 0 Å². The van der Waals surface area contributed by atoms with Crippen LogP contribution >= 0.6 is 0 Å². The number of nitrogens with one attached hydrogen (secondary N) is 2. The van der Waals surface area contributed by atoms with Gasteiger partial charge in [0.1, 0.15) is 11.6 Å². The molecule has 29 heavy (non-hydrogen) atoms. The molecule has 0 radical (unpaired) electrons. The third-order valence-electron chi connectivity index (χ3n) is 5.03. The normalized spacial score (nSPS) is 14.2. The van der Waals surface area contributed by atoms with Crippen LogP contribution < -0.4 is 5.32 Å². The average Bonchev–Trinajstić information content (AvgIpc) is 3.11. The van der Waals surface area contributed by atoms with E-state index in [-0.39, 0.29) is 16.7 Å². The van der Waals surface area contributed by atoms with Crippen LogP contribution in [0.4, 0.5) is 14.5 Å². The van der Waals surface area contributed by atoms with Gasteiger partial charge in [-0.2, -0.15) is 0 Å². The Morgan fingerprint density at radius 1 is 1.10 bits per heavy atom. The Balaban J connectivity index is 1.93. The summed E-state index contributed by atoms with van der Waals surface area (Å²) < 4.78 is 27.8. The minimum absolute atomic E-state index is 0.147. The highest BCUT2D eigenvalue weighted by Gasteiger charge is 2.29. The van der Waals surface area contributed by atoms with E-state index < -0.39 is 23.5 Å². The largest absolute Gasteiger partial charge is 0.478 e.